The van der Waals surface area contributed by atoms with Gasteiger partial charge in [0.25, 0.3) is 5.91 Å². The molecule has 0 bridgehead atoms. The lowest BCUT2D eigenvalue weighted by Crippen LogP contribution is -2.14. The smallest absolute Gasteiger partial charge is 0.275 e. The van der Waals surface area contributed by atoms with Crippen LogP contribution in [0.4, 0.5) is 17.2 Å². The van der Waals surface area contributed by atoms with Crippen LogP contribution in [0, 0.1) is 6.92 Å². The number of carbonyl (C=O) groups excluding carboxylic acids is 1. The number of anilines is 3. The molecule has 0 aliphatic carbocycles. The number of halogens is 1. The highest BCUT2D eigenvalue weighted by molar-refractivity contribution is 6.31. The van der Waals surface area contributed by atoms with Gasteiger partial charge in [-0.15, -0.1) is 0 Å². The van der Waals surface area contributed by atoms with Crippen LogP contribution < -0.4 is 20.1 Å². The van der Waals surface area contributed by atoms with Crippen LogP contribution in [-0.2, 0) is 0 Å². The number of ether oxygens (including phenoxy) is 2. The second-order valence-corrected chi connectivity index (χ2v) is 6.25. The van der Waals surface area contributed by atoms with Gasteiger partial charge in [-0.3, -0.25) is 4.79 Å². The van der Waals surface area contributed by atoms with E-state index < -0.39 is 0 Å². The summed E-state index contributed by atoms with van der Waals surface area (Å²) in [6.45, 7) is 2.09. The predicted molar refractivity (Wildman–Crippen MR) is 102 cm³/mol. The SMILES string of the molecule is Cc1c(Cl)cccc1Nc1cnc(C(=O)Nc2ccc3c(c2)OCO3)cn1. The van der Waals surface area contributed by atoms with Gasteiger partial charge in [0.2, 0.25) is 6.79 Å². The molecule has 0 saturated carbocycles. The van der Waals surface area contributed by atoms with Crippen LogP contribution in [-0.4, -0.2) is 22.7 Å². The summed E-state index contributed by atoms with van der Waals surface area (Å²) in [6.07, 6.45) is 2.90. The lowest BCUT2D eigenvalue weighted by molar-refractivity contribution is 0.102. The zero-order valence-corrected chi connectivity index (χ0v) is 15.1. The molecule has 0 atom stereocenters. The number of fused-ring (bicyclic) bond motifs is 1. The summed E-state index contributed by atoms with van der Waals surface area (Å²) in [6, 6.07) is 10.7. The fraction of sp³-hybridized carbons (Fsp3) is 0.105. The summed E-state index contributed by atoms with van der Waals surface area (Å²) in [7, 11) is 0. The first-order chi connectivity index (χ1) is 13.1. The Morgan fingerprint density at radius 2 is 1.96 bits per heavy atom. The number of nitrogens with zero attached hydrogens (tertiary/aromatic N) is 2. The molecule has 7 nitrogen and oxygen atoms in total. The highest BCUT2D eigenvalue weighted by Crippen LogP contribution is 2.34. The van der Waals surface area contributed by atoms with Gasteiger partial charge in [0.05, 0.1) is 12.4 Å². The Bertz CT molecular complexity index is 1010. The van der Waals surface area contributed by atoms with Gasteiger partial charge in [-0.25, -0.2) is 9.97 Å². The van der Waals surface area contributed by atoms with E-state index in [0.29, 0.717) is 28.0 Å². The first kappa shape index (κ1) is 17.1. The third-order valence-corrected chi connectivity index (χ3v) is 4.45. The molecule has 0 saturated heterocycles. The second-order valence-electron chi connectivity index (χ2n) is 5.85. The van der Waals surface area contributed by atoms with Crippen molar-refractivity contribution in [3.05, 3.63) is 65.1 Å². The van der Waals surface area contributed by atoms with E-state index >= 15 is 0 Å². The van der Waals surface area contributed by atoms with Crippen molar-refractivity contribution < 1.29 is 14.3 Å². The molecule has 2 N–H and O–H groups in total. The van der Waals surface area contributed by atoms with Gasteiger partial charge < -0.3 is 20.1 Å². The highest BCUT2D eigenvalue weighted by atomic mass is 35.5. The molecule has 0 unspecified atom stereocenters. The van der Waals surface area contributed by atoms with Crippen molar-refractivity contribution in [3.8, 4) is 11.5 Å². The van der Waals surface area contributed by atoms with Gasteiger partial charge >= 0.3 is 0 Å². The molecule has 0 radical (unpaired) electrons. The third-order valence-electron chi connectivity index (χ3n) is 4.05. The molecule has 2 aromatic carbocycles. The minimum Gasteiger partial charge on any atom is -0.454 e. The number of hydrogen-bond donors (Lipinski definition) is 2. The Morgan fingerprint density at radius 1 is 1.11 bits per heavy atom. The summed E-state index contributed by atoms with van der Waals surface area (Å²) >= 11 is 6.11. The summed E-state index contributed by atoms with van der Waals surface area (Å²) in [5.41, 5.74) is 2.52. The molecule has 0 spiro atoms. The van der Waals surface area contributed by atoms with Crippen LogP contribution >= 0.6 is 11.6 Å². The molecule has 27 heavy (non-hydrogen) atoms. The number of nitrogens with one attached hydrogen (secondary N) is 2. The minimum atomic E-state index is -0.369. The Kier molecular flexibility index (Phi) is 4.52. The standard InChI is InChI=1S/C19H15ClN4O3/c1-11-13(20)3-2-4-14(11)24-18-9-21-15(8-22-18)19(25)23-12-5-6-16-17(7-12)27-10-26-16/h2-9H,10H2,1H3,(H,22,24)(H,23,25). The Hall–Kier alpha value is -3.32. The van der Waals surface area contributed by atoms with E-state index in [0.717, 1.165) is 11.3 Å². The quantitative estimate of drug-likeness (QED) is 0.704. The largest absolute Gasteiger partial charge is 0.454 e. The Balaban J connectivity index is 1.45. The fourth-order valence-electron chi connectivity index (χ4n) is 2.56. The summed E-state index contributed by atoms with van der Waals surface area (Å²) in [5.74, 6) is 1.39. The van der Waals surface area contributed by atoms with Crippen LogP contribution in [0.5, 0.6) is 11.5 Å². The van der Waals surface area contributed by atoms with Crippen LogP contribution in [0.2, 0.25) is 5.02 Å². The van der Waals surface area contributed by atoms with Crippen molar-refractivity contribution in [1.82, 2.24) is 9.97 Å². The average Bonchev–Trinajstić information content (AvgIpc) is 3.14. The Morgan fingerprint density at radius 3 is 2.78 bits per heavy atom. The van der Waals surface area contributed by atoms with Crippen molar-refractivity contribution in [2.75, 3.05) is 17.4 Å². The van der Waals surface area contributed by atoms with Crippen molar-refractivity contribution >= 4 is 34.7 Å². The van der Waals surface area contributed by atoms with E-state index in [1.807, 2.05) is 25.1 Å². The van der Waals surface area contributed by atoms with Crippen LogP contribution in [0.3, 0.4) is 0 Å². The number of amides is 1. The Labute approximate surface area is 160 Å². The van der Waals surface area contributed by atoms with E-state index in [1.54, 1.807) is 18.2 Å². The number of carbonyl (C=O) groups is 1. The van der Waals surface area contributed by atoms with Crippen LogP contribution in [0.15, 0.2) is 48.8 Å². The van der Waals surface area contributed by atoms with Gasteiger partial charge in [0, 0.05) is 22.5 Å². The summed E-state index contributed by atoms with van der Waals surface area (Å²) in [4.78, 5) is 20.8. The molecular weight excluding hydrogens is 368 g/mol. The molecule has 1 aromatic heterocycles. The van der Waals surface area contributed by atoms with Crippen LogP contribution in [0.1, 0.15) is 16.1 Å². The molecule has 1 amide bonds. The molecule has 136 valence electrons. The van der Waals surface area contributed by atoms with Gasteiger partial charge in [-0.2, -0.15) is 0 Å². The van der Waals surface area contributed by atoms with Crippen molar-refractivity contribution in [2.45, 2.75) is 6.92 Å². The minimum absolute atomic E-state index is 0.179. The van der Waals surface area contributed by atoms with Gasteiger partial charge in [0.15, 0.2) is 11.5 Å². The zero-order chi connectivity index (χ0) is 18.8. The topological polar surface area (TPSA) is 85.4 Å². The van der Waals surface area contributed by atoms with Gasteiger partial charge in [-0.1, -0.05) is 17.7 Å². The first-order valence-electron chi connectivity index (χ1n) is 8.15. The number of hydrogen-bond acceptors (Lipinski definition) is 6. The van der Waals surface area contributed by atoms with Gasteiger partial charge in [-0.05, 0) is 36.8 Å². The highest BCUT2D eigenvalue weighted by Gasteiger charge is 2.15. The zero-order valence-electron chi connectivity index (χ0n) is 14.3. The molecule has 3 aromatic rings. The summed E-state index contributed by atoms with van der Waals surface area (Å²) < 4.78 is 10.5. The van der Waals surface area contributed by atoms with Crippen LogP contribution in [0.25, 0.3) is 0 Å². The molecule has 0 fully saturated rings. The fourth-order valence-corrected chi connectivity index (χ4v) is 2.73. The molecule has 4 rings (SSSR count). The van der Waals surface area contributed by atoms with E-state index in [-0.39, 0.29) is 18.4 Å². The van der Waals surface area contributed by atoms with E-state index in [4.69, 9.17) is 21.1 Å². The molecular formula is C19H15ClN4O3. The maximum absolute atomic E-state index is 12.4. The first-order valence-corrected chi connectivity index (χ1v) is 8.53. The normalized spacial score (nSPS) is 11.9. The molecule has 1 aliphatic rings. The molecule has 1 aliphatic heterocycles. The van der Waals surface area contributed by atoms with Gasteiger partial charge in [0.1, 0.15) is 11.5 Å². The number of aromatic nitrogens is 2. The summed E-state index contributed by atoms with van der Waals surface area (Å²) in [5, 5.41) is 6.56. The van der Waals surface area contributed by atoms with Crippen molar-refractivity contribution in [2.24, 2.45) is 0 Å². The van der Waals surface area contributed by atoms with E-state index in [1.165, 1.54) is 12.4 Å². The van der Waals surface area contributed by atoms with Crippen molar-refractivity contribution in [1.29, 1.82) is 0 Å². The lowest BCUT2D eigenvalue weighted by Gasteiger charge is -2.10. The van der Waals surface area contributed by atoms with E-state index in [9.17, 15) is 4.79 Å². The lowest BCUT2D eigenvalue weighted by atomic mass is 10.2. The van der Waals surface area contributed by atoms with E-state index in [2.05, 4.69) is 20.6 Å². The molecule has 2 heterocycles. The third kappa shape index (κ3) is 3.63. The number of benzene rings is 2. The monoisotopic (exact) mass is 382 g/mol. The molecule has 8 heteroatoms. The van der Waals surface area contributed by atoms with Crippen molar-refractivity contribution in [3.63, 3.8) is 0 Å². The number of rotatable bonds is 4. The average molecular weight is 383 g/mol. The maximum Gasteiger partial charge on any atom is 0.275 e. The second kappa shape index (κ2) is 7.13. The predicted octanol–water partition coefficient (Wildman–Crippen LogP) is 4.16. The maximum atomic E-state index is 12.4.